The van der Waals surface area contributed by atoms with Gasteiger partial charge in [-0.15, -0.1) is 0 Å². The lowest BCUT2D eigenvalue weighted by atomic mass is 10.2. The first kappa shape index (κ1) is 15.3. The lowest BCUT2D eigenvalue weighted by Crippen LogP contribution is -2.23. The van der Waals surface area contributed by atoms with Gasteiger partial charge in [0.2, 0.25) is 5.75 Å². The average molecular weight is 372 g/mol. The minimum Gasteiger partial charge on any atom is -0.449 e. The fourth-order valence-corrected chi connectivity index (χ4v) is 2.31. The second kappa shape index (κ2) is 6.26. The molecule has 3 rings (SSSR count). The summed E-state index contributed by atoms with van der Waals surface area (Å²) in [6.45, 7) is 1.98. The van der Waals surface area contributed by atoms with E-state index in [9.17, 15) is 4.79 Å². The van der Waals surface area contributed by atoms with E-state index in [2.05, 4.69) is 21.0 Å². The van der Waals surface area contributed by atoms with Gasteiger partial charge in [0.25, 0.3) is 0 Å². The van der Waals surface area contributed by atoms with E-state index < -0.39 is 5.56 Å². The smallest absolute Gasteiger partial charge is 0.316 e. The van der Waals surface area contributed by atoms with E-state index in [1.807, 2.05) is 43.3 Å². The molecule has 5 nitrogen and oxygen atoms in total. The first-order valence-electron chi connectivity index (χ1n) is 6.93. The second-order valence-electron chi connectivity index (χ2n) is 5.04. The first-order chi connectivity index (χ1) is 11.0. The molecule has 0 aliphatic heterocycles. The minimum atomic E-state index is -0.406. The minimum absolute atomic E-state index is 0.0582. The van der Waals surface area contributed by atoms with Crippen LogP contribution in [0.15, 0.2) is 64.0 Å². The number of rotatable bonds is 3. The molecule has 2 N–H and O–H groups in total. The van der Waals surface area contributed by atoms with Gasteiger partial charge in [-0.25, -0.2) is 0 Å². The van der Waals surface area contributed by atoms with Crippen LogP contribution in [-0.2, 0) is 0 Å². The molecule has 0 saturated heterocycles. The fraction of sp³-hybridized carbons (Fsp3) is 0.0588. The summed E-state index contributed by atoms with van der Waals surface area (Å²) < 4.78 is 7.85. The maximum Gasteiger partial charge on any atom is 0.316 e. The number of halogens is 1. The van der Waals surface area contributed by atoms with Gasteiger partial charge in [0.1, 0.15) is 11.4 Å². The predicted octanol–water partition coefficient (Wildman–Crippen LogP) is 3.68. The summed E-state index contributed by atoms with van der Waals surface area (Å²) in [6.07, 6.45) is 1.41. The number of hydrogen-bond acceptors (Lipinski definition) is 4. The van der Waals surface area contributed by atoms with E-state index >= 15 is 0 Å². The summed E-state index contributed by atoms with van der Waals surface area (Å²) in [4.78, 5) is 12.6. The quantitative estimate of drug-likeness (QED) is 0.762. The summed E-state index contributed by atoms with van der Waals surface area (Å²) in [7, 11) is 0. The Kier molecular flexibility index (Phi) is 4.16. The predicted molar refractivity (Wildman–Crippen MR) is 93.2 cm³/mol. The topological polar surface area (TPSA) is 70.1 Å². The van der Waals surface area contributed by atoms with Crippen LogP contribution in [-0.4, -0.2) is 9.78 Å². The van der Waals surface area contributed by atoms with Crippen LogP contribution in [0, 0.1) is 6.92 Å². The largest absolute Gasteiger partial charge is 0.449 e. The Morgan fingerprint density at radius 2 is 1.74 bits per heavy atom. The lowest BCUT2D eigenvalue weighted by Gasteiger charge is -2.11. The molecule has 0 aliphatic carbocycles. The van der Waals surface area contributed by atoms with Gasteiger partial charge in [-0.1, -0.05) is 33.6 Å². The summed E-state index contributed by atoms with van der Waals surface area (Å²) in [6, 6.07) is 14.6. The van der Waals surface area contributed by atoms with E-state index in [1.165, 1.54) is 10.9 Å². The molecule has 0 atom stereocenters. The summed E-state index contributed by atoms with van der Waals surface area (Å²) in [5, 5.41) is 4.09. The van der Waals surface area contributed by atoms with Crippen LogP contribution in [0.25, 0.3) is 5.69 Å². The Hall–Kier alpha value is -2.60. The van der Waals surface area contributed by atoms with Crippen LogP contribution in [0.4, 0.5) is 5.69 Å². The number of anilines is 1. The molecule has 23 heavy (non-hydrogen) atoms. The molecule has 1 heterocycles. The Morgan fingerprint density at radius 1 is 1.09 bits per heavy atom. The monoisotopic (exact) mass is 371 g/mol. The van der Waals surface area contributed by atoms with Crippen LogP contribution in [0.3, 0.4) is 0 Å². The molecule has 6 heteroatoms. The molecule has 0 fully saturated rings. The van der Waals surface area contributed by atoms with E-state index in [4.69, 9.17) is 10.5 Å². The van der Waals surface area contributed by atoms with E-state index in [1.54, 1.807) is 12.1 Å². The summed E-state index contributed by atoms with van der Waals surface area (Å²) >= 11 is 3.35. The van der Waals surface area contributed by atoms with Crippen LogP contribution >= 0.6 is 15.9 Å². The number of nitrogen functional groups attached to an aromatic ring is 1. The molecule has 2 aromatic carbocycles. The van der Waals surface area contributed by atoms with Gasteiger partial charge in [0.15, 0.2) is 0 Å². The molecule has 0 aliphatic rings. The number of hydrogen-bond donors (Lipinski definition) is 1. The highest BCUT2D eigenvalue weighted by atomic mass is 79.9. The number of ether oxygens (including phenoxy) is 1. The van der Waals surface area contributed by atoms with Crippen molar-refractivity contribution in [1.82, 2.24) is 9.78 Å². The van der Waals surface area contributed by atoms with Crippen molar-refractivity contribution in [2.45, 2.75) is 6.92 Å². The van der Waals surface area contributed by atoms with Crippen molar-refractivity contribution in [3.05, 3.63) is 75.1 Å². The standard InChI is InChI=1S/C17H14BrN3O2/c1-11-2-6-13(7-3-11)21-17(22)16(15(19)10-20-21)23-14-8-4-12(18)5-9-14/h2-10H,19H2,1H3. The Labute approximate surface area is 141 Å². The second-order valence-corrected chi connectivity index (χ2v) is 5.95. The molecule has 0 unspecified atom stereocenters. The third kappa shape index (κ3) is 3.27. The Bertz CT molecular complexity index is 887. The van der Waals surface area contributed by atoms with Gasteiger partial charge < -0.3 is 10.5 Å². The Morgan fingerprint density at radius 3 is 2.39 bits per heavy atom. The van der Waals surface area contributed by atoms with E-state index in [0.717, 1.165) is 10.0 Å². The highest BCUT2D eigenvalue weighted by molar-refractivity contribution is 9.10. The van der Waals surface area contributed by atoms with Crippen molar-refractivity contribution < 1.29 is 4.74 Å². The van der Waals surface area contributed by atoms with Gasteiger partial charge >= 0.3 is 5.56 Å². The SMILES string of the molecule is Cc1ccc(-n2ncc(N)c(Oc3ccc(Br)cc3)c2=O)cc1. The van der Waals surface area contributed by atoms with Crippen molar-refractivity contribution in [3.63, 3.8) is 0 Å². The first-order valence-corrected chi connectivity index (χ1v) is 7.72. The van der Waals surface area contributed by atoms with Crippen molar-refractivity contribution in [2.75, 3.05) is 5.73 Å². The molecule has 0 bridgehead atoms. The zero-order valence-electron chi connectivity index (χ0n) is 12.4. The molecular weight excluding hydrogens is 358 g/mol. The molecule has 116 valence electrons. The molecule has 0 amide bonds. The maximum absolute atomic E-state index is 12.6. The number of benzene rings is 2. The molecule has 0 saturated carbocycles. The molecule has 1 aromatic heterocycles. The fourth-order valence-electron chi connectivity index (χ4n) is 2.04. The highest BCUT2D eigenvalue weighted by Gasteiger charge is 2.13. The Balaban J connectivity index is 2.03. The normalized spacial score (nSPS) is 10.5. The molecule has 3 aromatic rings. The van der Waals surface area contributed by atoms with Crippen LogP contribution in [0.2, 0.25) is 0 Å². The van der Waals surface area contributed by atoms with Crippen LogP contribution in [0.1, 0.15) is 5.56 Å². The number of aryl methyl sites for hydroxylation is 1. The number of nitrogens with zero attached hydrogens (tertiary/aromatic N) is 2. The summed E-state index contributed by atoms with van der Waals surface area (Å²) in [5.74, 6) is 0.585. The maximum atomic E-state index is 12.6. The van der Waals surface area contributed by atoms with Crippen LogP contribution in [0.5, 0.6) is 11.5 Å². The van der Waals surface area contributed by atoms with Gasteiger partial charge in [-0.05, 0) is 43.3 Å². The van der Waals surface area contributed by atoms with Crippen molar-refractivity contribution in [2.24, 2.45) is 0 Å². The van der Waals surface area contributed by atoms with Gasteiger partial charge in [-0.2, -0.15) is 9.78 Å². The van der Waals surface area contributed by atoms with E-state index in [0.29, 0.717) is 11.4 Å². The number of aromatic nitrogens is 2. The summed E-state index contributed by atoms with van der Waals surface area (Å²) in [5.41, 5.74) is 7.40. The van der Waals surface area contributed by atoms with Gasteiger partial charge in [0, 0.05) is 4.47 Å². The van der Waals surface area contributed by atoms with E-state index in [-0.39, 0.29) is 11.4 Å². The van der Waals surface area contributed by atoms with Crippen LogP contribution < -0.4 is 16.0 Å². The molecule has 0 spiro atoms. The van der Waals surface area contributed by atoms with Crippen molar-refractivity contribution >= 4 is 21.6 Å². The molecule has 0 radical (unpaired) electrons. The zero-order valence-corrected chi connectivity index (χ0v) is 13.9. The zero-order chi connectivity index (χ0) is 16.4. The lowest BCUT2D eigenvalue weighted by molar-refractivity contribution is 0.470. The van der Waals surface area contributed by atoms with Gasteiger partial charge in [0.05, 0.1) is 11.9 Å². The highest BCUT2D eigenvalue weighted by Crippen LogP contribution is 2.24. The third-order valence-electron chi connectivity index (χ3n) is 3.27. The van der Waals surface area contributed by atoms with Crippen molar-refractivity contribution in [3.8, 4) is 17.2 Å². The average Bonchev–Trinajstić information content (AvgIpc) is 2.54. The third-order valence-corrected chi connectivity index (χ3v) is 3.80. The van der Waals surface area contributed by atoms with Gasteiger partial charge in [-0.3, -0.25) is 4.79 Å². The van der Waals surface area contributed by atoms with Crippen molar-refractivity contribution in [1.29, 1.82) is 0 Å². The molecular formula is C17H14BrN3O2. The number of nitrogens with two attached hydrogens (primary N) is 1.